The first-order chi connectivity index (χ1) is 16.3. The molecule has 1 N–H and O–H groups in total. The summed E-state index contributed by atoms with van der Waals surface area (Å²) in [5.41, 5.74) is 1.47. The Balaban J connectivity index is 1.32. The molecule has 2 rings (SSSR count). The lowest BCUT2D eigenvalue weighted by Gasteiger charge is -2.33. The average molecular weight is 460 g/mol. The average Bonchev–Trinajstić information content (AvgIpc) is 2.85. The molecule has 3 nitrogen and oxygen atoms in total. The molecule has 1 unspecified atom stereocenters. The maximum Gasteiger partial charge on any atom is 0.0900 e. The molecule has 1 fully saturated rings. The predicted octanol–water partition coefficient (Wildman–Crippen LogP) is 7.72. The number of hydrogen-bond acceptors (Lipinski definition) is 3. The normalized spacial score (nSPS) is 16.3. The van der Waals surface area contributed by atoms with Crippen LogP contribution in [0, 0.1) is 0 Å². The molecule has 1 aliphatic heterocycles. The van der Waals surface area contributed by atoms with Gasteiger partial charge in [-0.25, -0.2) is 0 Å². The summed E-state index contributed by atoms with van der Waals surface area (Å²) in [5.74, 6) is 0.677. The van der Waals surface area contributed by atoms with Crippen molar-refractivity contribution in [3.05, 3.63) is 35.9 Å². The zero-order valence-electron chi connectivity index (χ0n) is 21.7. The van der Waals surface area contributed by atoms with Gasteiger partial charge in [0.1, 0.15) is 0 Å². The first-order valence-electron chi connectivity index (χ1n) is 14.3. The van der Waals surface area contributed by atoms with Crippen molar-refractivity contribution >= 4 is 0 Å². The summed E-state index contributed by atoms with van der Waals surface area (Å²) in [4.78, 5) is 2.40. The molecule has 1 aromatic carbocycles. The molecule has 0 amide bonds. The predicted molar refractivity (Wildman–Crippen MR) is 142 cm³/mol. The molecule has 1 heterocycles. The summed E-state index contributed by atoms with van der Waals surface area (Å²) in [6.45, 7) is 6.48. The van der Waals surface area contributed by atoms with E-state index in [-0.39, 0.29) is 6.10 Å². The number of benzene rings is 1. The lowest BCUT2D eigenvalue weighted by molar-refractivity contribution is 0.0115. The number of nitrogens with zero attached hydrogens (tertiary/aromatic N) is 1. The van der Waals surface area contributed by atoms with Crippen LogP contribution in [-0.4, -0.2) is 49.0 Å². The van der Waals surface area contributed by atoms with Gasteiger partial charge in [-0.15, -0.1) is 0 Å². The lowest BCUT2D eigenvalue weighted by Crippen LogP contribution is -2.39. The van der Waals surface area contributed by atoms with E-state index < -0.39 is 0 Å². The van der Waals surface area contributed by atoms with E-state index in [4.69, 9.17) is 4.74 Å². The highest BCUT2D eigenvalue weighted by atomic mass is 16.5. The van der Waals surface area contributed by atoms with Gasteiger partial charge >= 0.3 is 0 Å². The fourth-order valence-corrected chi connectivity index (χ4v) is 5.14. The molecule has 0 spiro atoms. The van der Waals surface area contributed by atoms with Crippen molar-refractivity contribution in [2.75, 3.05) is 32.8 Å². The summed E-state index contributed by atoms with van der Waals surface area (Å²) < 4.78 is 5.76. The van der Waals surface area contributed by atoms with E-state index in [1.54, 1.807) is 0 Å². The minimum Gasteiger partial charge on any atom is -0.389 e. The Hall–Kier alpha value is -0.900. The van der Waals surface area contributed by atoms with Crippen LogP contribution in [0.3, 0.4) is 0 Å². The standard InChI is InChI=1S/C30H53NO2/c1-2-3-4-5-6-7-8-9-10-11-12-13-14-18-25-33-27-30(32)26-31-23-21-29(22-24-31)28-19-16-15-17-20-28/h15-17,19-20,29-30,32H,2-14,18,21-27H2,1H3. The van der Waals surface area contributed by atoms with Crippen molar-refractivity contribution in [3.63, 3.8) is 0 Å². The number of aliphatic hydroxyl groups is 1. The van der Waals surface area contributed by atoms with Crippen LogP contribution in [0.2, 0.25) is 0 Å². The van der Waals surface area contributed by atoms with Crippen molar-refractivity contribution in [1.29, 1.82) is 0 Å². The molecule has 1 aromatic rings. The first-order valence-corrected chi connectivity index (χ1v) is 14.3. The van der Waals surface area contributed by atoms with Crippen LogP contribution < -0.4 is 0 Å². The Morgan fingerprint density at radius 3 is 1.85 bits per heavy atom. The van der Waals surface area contributed by atoms with E-state index in [0.717, 1.165) is 32.7 Å². The van der Waals surface area contributed by atoms with Crippen molar-refractivity contribution in [3.8, 4) is 0 Å². The molecular formula is C30H53NO2. The van der Waals surface area contributed by atoms with Gasteiger partial charge < -0.3 is 14.7 Å². The fraction of sp³-hybridized carbons (Fsp3) is 0.800. The van der Waals surface area contributed by atoms with Crippen LogP contribution in [0.25, 0.3) is 0 Å². The third kappa shape index (κ3) is 14.2. The highest BCUT2D eigenvalue weighted by molar-refractivity contribution is 5.20. The lowest BCUT2D eigenvalue weighted by atomic mass is 9.89. The van der Waals surface area contributed by atoms with Crippen LogP contribution in [0.5, 0.6) is 0 Å². The molecule has 1 aliphatic rings. The van der Waals surface area contributed by atoms with Crippen LogP contribution in [0.15, 0.2) is 30.3 Å². The Bertz CT molecular complexity index is 541. The molecule has 1 saturated heterocycles. The van der Waals surface area contributed by atoms with Gasteiger partial charge in [0, 0.05) is 13.2 Å². The number of aliphatic hydroxyl groups excluding tert-OH is 1. The maximum atomic E-state index is 10.3. The zero-order chi connectivity index (χ0) is 23.4. The maximum absolute atomic E-state index is 10.3. The van der Waals surface area contributed by atoms with Gasteiger partial charge in [-0.3, -0.25) is 0 Å². The van der Waals surface area contributed by atoms with Crippen molar-refractivity contribution < 1.29 is 9.84 Å². The van der Waals surface area contributed by atoms with Gasteiger partial charge in [0.15, 0.2) is 0 Å². The number of likely N-dealkylation sites (tertiary alicyclic amines) is 1. The second-order valence-corrected chi connectivity index (χ2v) is 10.3. The highest BCUT2D eigenvalue weighted by Crippen LogP contribution is 2.27. The van der Waals surface area contributed by atoms with Gasteiger partial charge in [-0.2, -0.15) is 0 Å². The molecular weight excluding hydrogens is 406 g/mol. The first kappa shape index (κ1) is 28.3. The third-order valence-electron chi connectivity index (χ3n) is 7.28. The summed E-state index contributed by atoms with van der Waals surface area (Å²) in [6.07, 6.45) is 21.3. The molecule has 0 aromatic heterocycles. The SMILES string of the molecule is CCCCCCCCCCCCCCCCOCC(O)CN1CCC(c2ccccc2)CC1. The van der Waals surface area contributed by atoms with Crippen LogP contribution >= 0.6 is 0 Å². The van der Waals surface area contributed by atoms with Crippen molar-refractivity contribution in [2.24, 2.45) is 0 Å². The van der Waals surface area contributed by atoms with Crippen molar-refractivity contribution in [2.45, 2.75) is 122 Å². The second-order valence-electron chi connectivity index (χ2n) is 10.3. The minimum atomic E-state index is -0.357. The van der Waals surface area contributed by atoms with Crippen LogP contribution in [-0.2, 0) is 4.74 Å². The Morgan fingerprint density at radius 2 is 1.30 bits per heavy atom. The monoisotopic (exact) mass is 459 g/mol. The van der Waals surface area contributed by atoms with E-state index >= 15 is 0 Å². The van der Waals surface area contributed by atoms with Crippen LogP contribution in [0.4, 0.5) is 0 Å². The molecule has 0 aliphatic carbocycles. The number of rotatable bonds is 20. The largest absolute Gasteiger partial charge is 0.389 e. The van der Waals surface area contributed by atoms with E-state index in [1.165, 1.54) is 102 Å². The minimum absolute atomic E-state index is 0.357. The van der Waals surface area contributed by atoms with Crippen LogP contribution in [0.1, 0.15) is 121 Å². The topological polar surface area (TPSA) is 32.7 Å². The summed E-state index contributed by atoms with van der Waals surface area (Å²) >= 11 is 0. The Kier molecular flexibility index (Phi) is 16.7. The summed E-state index contributed by atoms with van der Waals surface area (Å²) in [7, 11) is 0. The number of hydrogen-bond donors (Lipinski definition) is 1. The highest BCUT2D eigenvalue weighted by Gasteiger charge is 2.22. The Labute approximate surface area is 205 Å². The number of ether oxygens (including phenoxy) is 1. The fourth-order valence-electron chi connectivity index (χ4n) is 5.14. The molecule has 190 valence electrons. The number of unbranched alkanes of at least 4 members (excludes halogenated alkanes) is 13. The molecule has 0 radical (unpaired) electrons. The van der Waals surface area contributed by atoms with Gasteiger partial charge in [0.25, 0.3) is 0 Å². The third-order valence-corrected chi connectivity index (χ3v) is 7.28. The van der Waals surface area contributed by atoms with E-state index in [9.17, 15) is 5.11 Å². The molecule has 33 heavy (non-hydrogen) atoms. The van der Waals surface area contributed by atoms with Gasteiger partial charge in [0.05, 0.1) is 12.7 Å². The van der Waals surface area contributed by atoms with Gasteiger partial charge in [-0.05, 0) is 43.8 Å². The molecule has 0 bridgehead atoms. The molecule has 1 atom stereocenters. The molecule has 3 heteroatoms. The quantitative estimate of drug-likeness (QED) is 0.203. The Morgan fingerprint density at radius 1 is 0.788 bits per heavy atom. The zero-order valence-corrected chi connectivity index (χ0v) is 21.7. The second kappa shape index (κ2) is 19.4. The number of β-amino-alcohol motifs (C(OH)–C–C–N with tert-alkyl or cyclic N) is 1. The smallest absolute Gasteiger partial charge is 0.0900 e. The van der Waals surface area contributed by atoms with E-state index in [2.05, 4.69) is 42.2 Å². The summed E-state index contributed by atoms with van der Waals surface area (Å²) in [5, 5.41) is 10.3. The molecule has 0 saturated carbocycles. The summed E-state index contributed by atoms with van der Waals surface area (Å²) in [6, 6.07) is 10.9. The van der Waals surface area contributed by atoms with E-state index in [0.29, 0.717) is 12.5 Å². The number of piperidine rings is 1. The van der Waals surface area contributed by atoms with E-state index in [1.807, 2.05) is 0 Å². The van der Waals surface area contributed by atoms with Gasteiger partial charge in [0.2, 0.25) is 0 Å². The van der Waals surface area contributed by atoms with Crippen molar-refractivity contribution in [1.82, 2.24) is 4.90 Å². The van der Waals surface area contributed by atoms with Gasteiger partial charge in [-0.1, -0.05) is 121 Å².